The molecule has 16 heavy (non-hydrogen) atoms. The molecule has 0 atom stereocenters. The van der Waals surface area contributed by atoms with Gasteiger partial charge >= 0.3 is 17.9 Å². The van der Waals surface area contributed by atoms with E-state index < -0.39 is 43.0 Å². The molecule has 0 aliphatic rings. The number of carbonyl (C=O) groups is 3. The summed E-state index contributed by atoms with van der Waals surface area (Å²) in [6.07, 6.45) is 2.88. The van der Waals surface area contributed by atoms with Crippen LogP contribution in [0.2, 0.25) is 0 Å². The fourth-order valence-electron chi connectivity index (χ4n) is 1.05. The molecule has 0 aromatic carbocycles. The fourth-order valence-corrected chi connectivity index (χ4v) is 1.05. The Kier molecular flexibility index (Phi) is 4.98. The number of terminal acetylenes is 1. The number of hydrogen-bond acceptors (Lipinski definition) is 4. The quantitative estimate of drug-likeness (QED) is 0.499. The van der Waals surface area contributed by atoms with Gasteiger partial charge in [-0.1, -0.05) is 5.92 Å². The first kappa shape index (κ1) is 13.9. The van der Waals surface area contributed by atoms with Crippen LogP contribution < -0.4 is 0 Å². The minimum atomic E-state index is -2.33. The second-order valence-electron chi connectivity index (χ2n) is 2.93. The van der Waals surface area contributed by atoms with E-state index in [4.69, 9.17) is 21.7 Å². The van der Waals surface area contributed by atoms with Gasteiger partial charge < -0.3 is 20.1 Å². The Morgan fingerprint density at radius 3 is 1.81 bits per heavy atom. The zero-order valence-electron chi connectivity index (χ0n) is 8.17. The van der Waals surface area contributed by atoms with E-state index in [0.717, 1.165) is 0 Å². The molecule has 3 N–H and O–H groups in total. The third kappa shape index (κ3) is 3.98. The van der Waals surface area contributed by atoms with Crippen LogP contribution >= 0.6 is 0 Å². The van der Waals surface area contributed by atoms with Gasteiger partial charge in [-0.2, -0.15) is 0 Å². The summed E-state index contributed by atoms with van der Waals surface area (Å²) >= 11 is 0. The highest BCUT2D eigenvalue weighted by Gasteiger charge is 2.44. The zero-order chi connectivity index (χ0) is 12.8. The highest BCUT2D eigenvalue weighted by atomic mass is 16.5. The smallest absolute Gasteiger partial charge is 0.337 e. The molecule has 0 bridgehead atoms. The van der Waals surface area contributed by atoms with Crippen LogP contribution in [0.3, 0.4) is 0 Å². The minimum absolute atomic E-state index is 0.479. The highest BCUT2D eigenvalue weighted by molar-refractivity contribution is 5.88. The Hall–Kier alpha value is -2.07. The number of ether oxygens (including phenoxy) is 1. The first-order chi connectivity index (χ1) is 7.34. The molecule has 0 aromatic rings. The third-order valence-corrected chi connectivity index (χ3v) is 1.70. The van der Waals surface area contributed by atoms with Crippen LogP contribution in [0.15, 0.2) is 0 Å². The largest absolute Gasteiger partial charge is 0.481 e. The number of carboxylic acids is 3. The van der Waals surface area contributed by atoms with Gasteiger partial charge in [0.15, 0.2) is 5.60 Å². The normalized spacial score (nSPS) is 10.4. The van der Waals surface area contributed by atoms with Crippen molar-refractivity contribution in [3.8, 4) is 12.3 Å². The Labute approximate surface area is 90.6 Å². The zero-order valence-corrected chi connectivity index (χ0v) is 8.17. The first-order valence-electron chi connectivity index (χ1n) is 4.08. The molecule has 0 spiro atoms. The van der Waals surface area contributed by atoms with E-state index in [0.29, 0.717) is 0 Å². The molecule has 0 unspecified atom stereocenters. The minimum Gasteiger partial charge on any atom is -0.481 e. The predicted molar refractivity (Wildman–Crippen MR) is 49.7 cm³/mol. The fraction of sp³-hybridized carbons (Fsp3) is 0.444. The molecular weight excluding hydrogens is 220 g/mol. The molecule has 0 aromatic heterocycles. The molecule has 0 saturated carbocycles. The van der Waals surface area contributed by atoms with Crippen LogP contribution in [0.5, 0.6) is 0 Å². The second-order valence-corrected chi connectivity index (χ2v) is 2.93. The average molecular weight is 230 g/mol. The van der Waals surface area contributed by atoms with Crippen molar-refractivity contribution in [2.45, 2.75) is 18.4 Å². The van der Waals surface area contributed by atoms with Gasteiger partial charge in [-0.3, -0.25) is 9.59 Å². The molecule has 0 rings (SSSR count). The van der Waals surface area contributed by atoms with E-state index in [2.05, 4.69) is 4.74 Å². The molecule has 0 aliphatic heterocycles. The van der Waals surface area contributed by atoms with E-state index in [1.54, 1.807) is 0 Å². The summed E-state index contributed by atoms with van der Waals surface area (Å²) in [6, 6.07) is 0. The van der Waals surface area contributed by atoms with E-state index in [1.807, 2.05) is 5.92 Å². The summed E-state index contributed by atoms with van der Waals surface area (Å²) in [6.45, 7) is -0.479. The van der Waals surface area contributed by atoms with Gasteiger partial charge in [0.2, 0.25) is 0 Å². The van der Waals surface area contributed by atoms with Gasteiger partial charge in [0.1, 0.15) is 6.61 Å². The van der Waals surface area contributed by atoms with Crippen LogP contribution in [-0.2, 0) is 19.1 Å². The standard InChI is InChI=1S/C9H10O7/c1-2-3-16-9(8(14)15,4-6(10)11)5-7(12)13/h1H,3-5H2,(H,10,11)(H,12,13)(H,14,15). The van der Waals surface area contributed by atoms with Crippen molar-refractivity contribution in [3.05, 3.63) is 0 Å². The Morgan fingerprint density at radius 1 is 1.12 bits per heavy atom. The molecule has 0 radical (unpaired) electrons. The van der Waals surface area contributed by atoms with Gasteiger partial charge in [-0.25, -0.2) is 4.79 Å². The average Bonchev–Trinajstić information content (AvgIpc) is 2.11. The lowest BCUT2D eigenvalue weighted by atomic mass is 9.95. The molecule has 0 saturated heterocycles. The lowest BCUT2D eigenvalue weighted by molar-refractivity contribution is -0.176. The maximum absolute atomic E-state index is 10.9. The lowest BCUT2D eigenvalue weighted by Gasteiger charge is -2.25. The monoisotopic (exact) mass is 230 g/mol. The molecular formula is C9H10O7. The van der Waals surface area contributed by atoms with E-state index in [1.165, 1.54) is 0 Å². The highest BCUT2D eigenvalue weighted by Crippen LogP contribution is 2.21. The molecule has 0 amide bonds. The van der Waals surface area contributed by atoms with Crippen molar-refractivity contribution in [2.75, 3.05) is 6.61 Å². The van der Waals surface area contributed by atoms with Crippen molar-refractivity contribution in [2.24, 2.45) is 0 Å². The lowest BCUT2D eigenvalue weighted by Crippen LogP contribution is -2.45. The number of carboxylic acid groups (broad SMARTS) is 3. The third-order valence-electron chi connectivity index (χ3n) is 1.70. The van der Waals surface area contributed by atoms with Crippen molar-refractivity contribution >= 4 is 17.9 Å². The summed E-state index contributed by atoms with van der Waals surface area (Å²) in [5, 5.41) is 25.9. The number of rotatable bonds is 7. The Bertz CT molecular complexity index is 322. The Balaban J connectivity index is 5.04. The van der Waals surface area contributed by atoms with E-state index in [9.17, 15) is 14.4 Å². The molecule has 7 heteroatoms. The van der Waals surface area contributed by atoms with Gasteiger partial charge in [0.25, 0.3) is 0 Å². The van der Waals surface area contributed by atoms with E-state index >= 15 is 0 Å². The van der Waals surface area contributed by atoms with Gasteiger partial charge in [-0.05, 0) is 0 Å². The summed E-state index contributed by atoms with van der Waals surface area (Å²) in [7, 11) is 0. The van der Waals surface area contributed by atoms with Crippen LogP contribution in [0.1, 0.15) is 12.8 Å². The molecule has 0 aliphatic carbocycles. The van der Waals surface area contributed by atoms with Gasteiger partial charge in [0, 0.05) is 0 Å². The van der Waals surface area contributed by atoms with Crippen LogP contribution in [-0.4, -0.2) is 45.4 Å². The Morgan fingerprint density at radius 2 is 1.56 bits per heavy atom. The molecule has 0 fully saturated rings. The predicted octanol–water partition coefficient (Wildman–Crippen LogP) is -0.591. The molecule has 88 valence electrons. The van der Waals surface area contributed by atoms with Crippen molar-refractivity contribution in [1.29, 1.82) is 0 Å². The second kappa shape index (κ2) is 5.72. The van der Waals surface area contributed by atoms with Crippen molar-refractivity contribution in [3.63, 3.8) is 0 Å². The summed E-state index contributed by atoms with van der Waals surface area (Å²) in [5.74, 6) is -2.69. The molecule has 7 nitrogen and oxygen atoms in total. The van der Waals surface area contributed by atoms with Crippen molar-refractivity contribution < 1.29 is 34.4 Å². The van der Waals surface area contributed by atoms with Crippen LogP contribution in [0.25, 0.3) is 0 Å². The maximum Gasteiger partial charge on any atom is 0.337 e. The van der Waals surface area contributed by atoms with Gasteiger partial charge in [-0.15, -0.1) is 6.42 Å². The van der Waals surface area contributed by atoms with Gasteiger partial charge in [0.05, 0.1) is 12.8 Å². The van der Waals surface area contributed by atoms with Crippen molar-refractivity contribution in [1.82, 2.24) is 0 Å². The van der Waals surface area contributed by atoms with Crippen LogP contribution in [0.4, 0.5) is 0 Å². The SMILES string of the molecule is C#CCOC(CC(=O)O)(CC(=O)O)C(=O)O. The topological polar surface area (TPSA) is 121 Å². The summed E-state index contributed by atoms with van der Waals surface area (Å²) < 4.78 is 4.66. The van der Waals surface area contributed by atoms with E-state index in [-0.39, 0.29) is 0 Å². The summed E-state index contributed by atoms with van der Waals surface area (Å²) in [4.78, 5) is 31.8. The van der Waals surface area contributed by atoms with Crippen LogP contribution in [0, 0.1) is 12.3 Å². The first-order valence-corrected chi connectivity index (χ1v) is 4.08. The number of hydrogen-bond donors (Lipinski definition) is 3. The number of aliphatic carboxylic acids is 3. The molecule has 0 heterocycles. The maximum atomic E-state index is 10.9. The summed E-state index contributed by atoms with van der Waals surface area (Å²) in [5.41, 5.74) is -2.33.